The molecule has 1 aliphatic rings. The molecule has 6 nitrogen and oxygen atoms in total. The molecule has 126 valence electrons. The highest BCUT2D eigenvalue weighted by molar-refractivity contribution is 5.92. The zero-order valence-corrected chi connectivity index (χ0v) is 13.5. The molecule has 0 aliphatic carbocycles. The number of nitrogens with one attached hydrogen (secondary N) is 1. The summed E-state index contributed by atoms with van der Waals surface area (Å²) in [4.78, 5) is 23.5. The topological polar surface area (TPSA) is 73.9 Å². The van der Waals surface area contributed by atoms with Crippen molar-refractivity contribution in [2.75, 3.05) is 19.8 Å². The lowest BCUT2D eigenvalue weighted by atomic mass is 10.2. The largest absolute Gasteiger partial charge is 0.491 e. The Kier molecular flexibility index (Phi) is 6.40. The Hall–Kier alpha value is -2.08. The van der Waals surface area contributed by atoms with Crippen molar-refractivity contribution in [3.05, 3.63) is 29.8 Å². The molecule has 23 heavy (non-hydrogen) atoms. The fourth-order valence-corrected chi connectivity index (χ4v) is 2.25. The fourth-order valence-electron chi connectivity index (χ4n) is 2.25. The number of ether oxygens (including phenoxy) is 3. The quantitative estimate of drug-likeness (QED) is 0.777. The monoisotopic (exact) mass is 321 g/mol. The normalized spacial score (nSPS) is 18.3. The van der Waals surface area contributed by atoms with Crippen LogP contribution in [0.15, 0.2) is 24.3 Å². The van der Waals surface area contributed by atoms with Gasteiger partial charge in [0.05, 0.1) is 11.7 Å². The second-order valence-electron chi connectivity index (χ2n) is 5.41. The van der Waals surface area contributed by atoms with Gasteiger partial charge in [-0.3, -0.25) is 4.79 Å². The number of carbonyl (C=O) groups excluding carboxylic acids is 2. The average Bonchev–Trinajstić information content (AvgIpc) is 3.07. The van der Waals surface area contributed by atoms with Gasteiger partial charge in [-0.15, -0.1) is 0 Å². The van der Waals surface area contributed by atoms with E-state index in [4.69, 9.17) is 14.2 Å². The minimum absolute atomic E-state index is 0.151. The number of hydrogen-bond acceptors (Lipinski definition) is 5. The van der Waals surface area contributed by atoms with Gasteiger partial charge in [0.1, 0.15) is 12.4 Å². The zero-order chi connectivity index (χ0) is 16.7. The number of rotatable bonds is 7. The van der Waals surface area contributed by atoms with Crippen LogP contribution in [0.4, 0.5) is 0 Å². The van der Waals surface area contributed by atoms with Crippen LogP contribution in [0, 0.1) is 0 Å². The van der Waals surface area contributed by atoms with E-state index in [1.54, 1.807) is 31.2 Å². The number of likely N-dealkylation sites (N-methyl/N-ethyl adjacent to an activating group) is 1. The third-order valence-corrected chi connectivity index (χ3v) is 3.55. The van der Waals surface area contributed by atoms with E-state index in [0.29, 0.717) is 24.5 Å². The van der Waals surface area contributed by atoms with Crippen LogP contribution in [0.1, 0.15) is 37.0 Å². The summed E-state index contributed by atoms with van der Waals surface area (Å²) >= 11 is 0. The van der Waals surface area contributed by atoms with E-state index in [9.17, 15) is 9.59 Å². The maximum atomic E-state index is 12.0. The summed E-state index contributed by atoms with van der Waals surface area (Å²) in [5, 5.41) is 2.61. The van der Waals surface area contributed by atoms with Gasteiger partial charge >= 0.3 is 5.97 Å². The maximum Gasteiger partial charge on any atom is 0.338 e. The summed E-state index contributed by atoms with van der Waals surface area (Å²) in [5.41, 5.74) is 0.380. The average molecular weight is 321 g/mol. The molecule has 0 unspecified atom stereocenters. The molecule has 1 fully saturated rings. The number of hydrogen-bond donors (Lipinski definition) is 1. The van der Waals surface area contributed by atoms with Crippen LogP contribution in [0.25, 0.3) is 0 Å². The van der Waals surface area contributed by atoms with E-state index in [-0.39, 0.29) is 12.0 Å². The smallest absolute Gasteiger partial charge is 0.338 e. The summed E-state index contributed by atoms with van der Waals surface area (Å²) in [7, 11) is 0. The third-order valence-electron chi connectivity index (χ3n) is 3.55. The molecule has 2 rings (SSSR count). The van der Waals surface area contributed by atoms with E-state index in [0.717, 1.165) is 19.4 Å². The summed E-state index contributed by atoms with van der Waals surface area (Å²) in [6, 6.07) is 6.67. The van der Waals surface area contributed by atoms with E-state index in [1.165, 1.54) is 0 Å². The molecule has 0 saturated carbocycles. The molecule has 1 saturated heterocycles. The number of amides is 1. The standard InChI is InChI=1S/C17H23NO5/c1-3-18-16(19)12(2)23-17(20)13-6-8-14(9-7-13)22-11-15-5-4-10-21-15/h6-9,12,15H,3-5,10-11H2,1-2H3,(H,18,19)/t12-,15-/m0/s1. The van der Waals surface area contributed by atoms with Crippen LogP contribution in [0.5, 0.6) is 5.75 Å². The molecule has 1 amide bonds. The Labute approximate surface area is 136 Å². The van der Waals surface area contributed by atoms with Crippen LogP contribution in [0.3, 0.4) is 0 Å². The Morgan fingerprint density at radius 1 is 1.35 bits per heavy atom. The molecule has 1 aromatic carbocycles. The van der Waals surface area contributed by atoms with Gasteiger partial charge in [-0.1, -0.05) is 0 Å². The van der Waals surface area contributed by atoms with E-state index in [2.05, 4.69) is 5.32 Å². The van der Waals surface area contributed by atoms with Crippen molar-refractivity contribution in [1.29, 1.82) is 0 Å². The third kappa shape index (κ3) is 5.25. The van der Waals surface area contributed by atoms with Gasteiger partial charge < -0.3 is 19.5 Å². The van der Waals surface area contributed by atoms with Gasteiger partial charge in [0.25, 0.3) is 5.91 Å². The van der Waals surface area contributed by atoms with Crippen LogP contribution < -0.4 is 10.1 Å². The van der Waals surface area contributed by atoms with Gasteiger partial charge in [-0.2, -0.15) is 0 Å². The lowest BCUT2D eigenvalue weighted by Gasteiger charge is -2.13. The Morgan fingerprint density at radius 3 is 2.70 bits per heavy atom. The first-order valence-corrected chi connectivity index (χ1v) is 7.93. The van der Waals surface area contributed by atoms with Gasteiger partial charge in [0.15, 0.2) is 6.10 Å². The van der Waals surface area contributed by atoms with Crippen molar-refractivity contribution in [2.45, 2.75) is 38.9 Å². The fraction of sp³-hybridized carbons (Fsp3) is 0.529. The molecular weight excluding hydrogens is 298 g/mol. The highest BCUT2D eigenvalue weighted by Gasteiger charge is 2.19. The van der Waals surface area contributed by atoms with Crippen molar-refractivity contribution in [3.8, 4) is 5.75 Å². The summed E-state index contributed by atoms with van der Waals surface area (Å²) in [5.74, 6) is -0.166. The highest BCUT2D eigenvalue weighted by Crippen LogP contribution is 2.17. The van der Waals surface area contributed by atoms with Gasteiger partial charge in [-0.05, 0) is 51.0 Å². The van der Waals surface area contributed by atoms with Crippen molar-refractivity contribution in [2.24, 2.45) is 0 Å². The lowest BCUT2D eigenvalue weighted by molar-refractivity contribution is -0.128. The van der Waals surface area contributed by atoms with E-state index < -0.39 is 12.1 Å². The minimum Gasteiger partial charge on any atom is -0.491 e. The SMILES string of the molecule is CCNC(=O)[C@H](C)OC(=O)c1ccc(OC[C@@H]2CCCO2)cc1. The molecule has 1 aromatic rings. The Morgan fingerprint density at radius 2 is 2.09 bits per heavy atom. The molecule has 6 heteroatoms. The van der Waals surface area contributed by atoms with Crippen molar-refractivity contribution in [3.63, 3.8) is 0 Å². The predicted molar refractivity (Wildman–Crippen MR) is 84.5 cm³/mol. The highest BCUT2D eigenvalue weighted by atomic mass is 16.5. The number of esters is 1. The Balaban J connectivity index is 1.83. The predicted octanol–water partition coefficient (Wildman–Crippen LogP) is 1.93. The maximum absolute atomic E-state index is 12.0. The van der Waals surface area contributed by atoms with Crippen molar-refractivity contribution in [1.82, 2.24) is 5.32 Å². The van der Waals surface area contributed by atoms with Gasteiger partial charge in [0, 0.05) is 13.2 Å². The van der Waals surface area contributed by atoms with Crippen LogP contribution in [-0.4, -0.2) is 43.8 Å². The molecule has 1 heterocycles. The van der Waals surface area contributed by atoms with Crippen LogP contribution in [0.2, 0.25) is 0 Å². The molecule has 0 spiro atoms. The number of carbonyl (C=O) groups is 2. The number of benzene rings is 1. The summed E-state index contributed by atoms with van der Waals surface area (Å²) in [6.07, 6.45) is 1.42. The van der Waals surface area contributed by atoms with Gasteiger partial charge in [0.2, 0.25) is 0 Å². The first kappa shape index (κ1) is 17.3. The van der Waals surface area contributed by atoms with Crippen molar-refractivity contribution < 1.29 is 23.8 Å². The van der Waals surface area contributed by atoms with Crippen molar-refractivity contribution >= 4 is 11.9 Å². The first-order valence-electron chi connectivity index (χ1n) is 7.93. The van der Waals surface area contributed by atoms with Crippen LogP contribution >= 0.6 is 0 Å². The second kappa shape index (κ2) is 8.53. The minimum atomic E-state index is -0.821. The molecule has 2 atom stereocenters. The Bertz CT molecular complexity index is 522. The van der Waals surface area contributed by atoms with E-state index >= 15 is 0 Å². The summed E-state index contributed by atoms with van der Waals surface area (Å²) in [6.45, 7) is 5.15. The molecule has 0 aromatic heterocycles. The van der Waals surface area contributed by atoms with Crippen LogP contribution in [-0.2, 0) is 14.3 Å². The lowest BCUT2D eigenvalue weighted by Crippen LogP contribution is -2.35. The molecule has 0 bridgehead atoms. The van der Waals surface area contributed by atoms with E-state index in [1.807, 2.05) is 6.92 Å². The molecular formula is C17H23NO5. The second-order valence-corrected chi connectivity index (χ2v) is 5.41. The summed E-state index contributed by atoms with van der Waals surface area (Å²) < 4.78 is 16.2. The molecule has 1 N–H and O–H groups in total. The van der Waals surface area contributed by atoms with Gasteiger partial charge in [-0.25, -0.2) is 4.79 Å². The molecule has 0 radical (unpaired) electrons. The zero-order valence-electron chi connectivity index (χ0n) is 13.5. The first-order chi connectivity index (χ1) is 11.1. The molecule has 1 aliphatic heterocycles.